The van der Waals surface area contributed by atoms with Gasteiger partial charge < -0.3 is 14.7 Å². The number of amides is 2. The number of hydrogen-bond acceptors (Lipinski definition) is 5. The number of carbonyl (C=O) groups is 2. The largest absolute Gasteiger partial charge is 0.368 e. The number of benzene rings is 2. The van der Waals surface area contributed by atoms with Crippen molar-refractivity contribution in [3.63, 3.8) is 0 Å². The average molecular weight is 565 g/mol. The van der Waals surface area contributed by atoms with E-state index in [9.17, 15) is 18.0 Å². The van der Waals surface area contributed by atoms with Crippen molar-refractivity contribution in [1.82, 2.24) is 9.21 Å². The van der Waals surface area contributed by atoms with E-state index in [1.807, 2.05) is 16.7 Å². The number of nitrogens with zero attached hydrogens (tertiary/aromatic N) is 4. The van der Waals surface area contributed by atoms with Crippen LogP contribution in [0, 0.1) is 25.7 Å². The highest BCUT2D eigenvalue weighted by Crippen LogP contribution is 2.40. The summed E-state index contributed by atoms with van der Waals surface area (Å²) in [4.78, 5) is 32.6. The van der Waals surface area contributed by atoms with Crippen LogP contribution in [0.25, 0.3) is 0 Å². The summed E-state index contributed by atoms with van der Waals surface area (Å²) in [7, 11) is -3.66. The molecule has 0 aromatic heterocycles. The Balaban J connectivity index is 1.06. The molecule has 1 aliphatic carbocycles. The van der Waals surface area contributed by atoms with Crippen LogP contribution in [0.4, 0.5) is 11.4 Å². The zero-order valence-electron chi connectivity index (χ0n) is 23.8. The Labute approximate surface area is 238 Å². The molecule has 6 rings (SSSR count). The molecule has 1 atom stereocenters. The molecule has 40 heavy (non-hydrogen) atoms. The quantitative estimate of drug-likeness (QED) is 0.553. The molecule has 3 heterocycles. The predicted molar refractivity (Wildman–Crippen MR) is 156 cm³/mol. The zero-order chi connectivity index (χ0) is 28.2. The molecule has 1 saturated carbocycles. The molecule has 4 aliphatic rings. The first-order valence-electron chi connectivity index (χ1n) is 14.7. The van der Waals surface area contributed by atoms with E-state index in [1.54, 1.807) is 18.2 Å². The van der Waals surface area contributed by atoms with Crippen molar-refractivity contribution in [3.05, 3.63) is 53.1 Å². The number of carbonyl (C=O) groups excluding carboxylic acids is 2. The van der Waals surface area contributed by atoms with Gasteiger partial charge in [-0.25, -0.2) is 8.42 Å². The summed E-state index contributed by atoms with van der Waals surface area (Å²) in [6.45, 7) is 9.96. The van der Waals surface area contributed by atoms with Gasteiger partial charge in [-0.3, -0.25) is 9.59 Å². The molecule has 2 saturated heterocycles. The van der Waals surface area contributed by atoms with Crippen molar-refractivity contribution >= 4 is 33.2 Å². The normalized spacial score (nSPS) is 22.5. The van der Waals surface area contributed by atoms with E-state index >= 15 is 0 Å². The Morgan fingerprint density at radius 3 is 2.12 bits per heavy atom. The molecule has 0 bridgehead atoms. The monoisotopic (exact) mass is 564 g/mol. The van der Waals surface area contributed by atoms with Crippen LogP contribution in [-0.2, 0) is 26.0 Å². The highest BCUT2D eigenvalue weighted by Gasteiger charge is 2.40. The lowest BCUT2D eigenvalue weighted by atomic mass is 9.96. The third kappa shape index (κ3) is 5.02. The second-order valence-corrected chi connectivity index (χ2v) is 14.0. The minimum absolute atomic E-state index is 0.0468. The molecule has 9 heteroatoms. The SMILES string of the molecule is Cc1ccc(C)c(N2CCN(C(=O)C3CCN(S(=O)(=O)c4ccc5c(c4)C[C@H](C)N5C(=O)C4CC4)CC3)CC2)c1. The fourth-order valence-electron chi connectivity index (χ4n) is 6.61. The number of piperidine rings is 1. The van der Waals surface area contributed by atoms with Gasteiger partial charge in [-0.15, -0.1) is 0 Å². The van der Waals surface area contributed by atoms with E-state index in [4.69, 9.17) is 0 Å². The van der Waals surface area contributed by atoms with E-state index in [1.165, 1.54) is 21.1 Å². The summed E-state index contributed by atoms with van der Waals surface area (Å²) in [5.41, 5.74) is 5.51. The van der Waals surface area contributed by atoms with Crippen LogP contribution in [0.5, 0.6) is 0 Å². The van der Waals surface area contributed by atoms with Crippen LogP contribution in [0.1, 0.15) is 49.3 Å². The number of fused-ring (bicyclic) bond motifs is 1. The second kappa shape index (κ2) is 10.5. The van der Waals surface area contributed by atoms with E-state index in [0.29, 0.717) is 45.4 Å². The third-order valence-corrected chi connectivity index (χ3v) is 11.1. The molecule has 0 radical (unpaired) electrons. The number of rotatable bonds is 5. The Hall–Kier alpha value is -2.91. The first-order valence-corrected chi connectivity index (χ1v) is 16.1. The lowest BCUT2D eigenvalue weighted by Gasteiger charge is -2.39. The van der Waals surface area contributed by atoms with E-state index in [2.05, 4.69) is 36.9 Å². The lowest BCUT2D eigenvalue weighted by Crippen LogP contribution is -2.52. The standard InChI is InChI=1S/C31H40N4O4S/c1-21-4-5-22(2)29(18-21)32-14-16-33(17-15-32)30(36)25-10-12-34(13-11-25)40(38,39)27-8-9-28-26(20-27)19-23(3)35(28)31(37)24-6-7-24/h4-5,8-9,18,20,23-25H,6-7,10-17,19H2,1-3H3/t23-/m0/s1. The average Bonchev–Trinajstić information content (AvgIpc) is 3.75. The first-order chi connectivity index (χ1) is 19.1. The van der Waals surface area contributed by atoms with Crippen LogP contribution >= 0.6 is 0 Å². The van der Waals surface area contributed by atoms with Gasteiger partial charge in [0.1, 0.15) is 0 Å². The molecule has 2 aromatic carbocycles. The molecule has 0 spiro atoms. The van der Waals surface area contributed by atoms with Crippen LogP contribution in [-0.4, -0.2) is 74.7 Å². The van der Waals surface area contributed by atoms with Gasteiger partial charge in [-0.2, -0.15) is 4.31 Å². The Kier molecular flexibility index (Phi) is 7.15. The first kappa shape index (κ1) is 27.3. The van der Waals surface area contributed by atoms with Gasteiger partial charge in [0.2, 0.25) is 21.8 Å². The summed E-state index contributed by atoms with van der Waals surface area (Å²) in [6, 6.07) is 11.7. The highest BCUT2D eigenvalue weighted by atomic mass is 32.2. The van der Waals surface area contributed by atoms with Gasteiger partial charge >= 0.3 is 0 Å². The number of hydrogen-bond donors (Lipinski definition) is 0. The summed E-state index contributed by atoms with van der Waals surface area (Å²) < 4.78 is 28.6. The summed E-state index contributed by atoms with van der Waals surface area (Å²) in [5.74, 6) is 0.313. The van der Waals surface area contributed by atoms with E-state index < -0.39 is 10.0 Å². The van der Waals surface area contributed by atoms with Crippen LogP contribution in [0.15, 0.2) is 41.3 Å². The molecule has 2 amide bonds. The van der Waals surface area contributed by atoms with Gasteiger partial charge in [-0.1, -0.05) is 12.1 Å². The zero-order valence-corrected chi connectivity index (χ0v) is 24.6. The lowest BCUT2D eigenvalue weighted by molar-refractivity contribution is -0.137. The van der Waals surface area contributed by atoms with Gasteiger partial charge in [0, 0.05) is 68.5 Å². The van der Waals surface area contributed by atoms with E-state index in [0.717, 1.165) is 37.2 Å². The molecular formula is C31H40N4O4S. The minimum atomic E-state index is -3.66. The van der Waals surface area contributed by atoms with Gasteiger partial charge in [-0.05, 0) is 93.8 Å². The Morgan fingerprint density at radius 1 is 0.775 bits per heavy atom. The molecule has 2 aromatic rings. The van der Waals surface area contributed by atoms with Crippen molar-refractivity contribution in [3.8, 4) is 0 Å². The highest BCUT2D eigenvalue weighted by molar-refractivity contribution is 7.89. The van der Waals surface area contributed by atoms with E-state index in [-0.39, 0.29) is 34.6 Å². The van der Waals surface area contributed by atoms with Crippen LogP contribution in [0.2, 0.25) is 0 Å². The van der Waals surface area contributed by atoms with Crippen LogP contribution < -0.4 is 9.80 Å². The van der Waals surface area contributed by atoms with Gasteiger partial charge in [0.05, 0.1) is 4.90 Å². The number of sulfonamides is 1. The molecule has 0 N–H and O–H groups in total. The van der Waals surface area contributed by atoms with Crippen LogP contribution in [0.3, 0.4) is 0 Å². The summed E-state index contributed by atoms with van der Waals surface area (Å²) in [6.07, 6.45) is 3.66. The maximum absolute atomic E-state index is 13.5. The van der Waals surface area contributed by atoms with Crippen molar-refractivity contribution < 1.29 is 18.0 Å². The molecule has 3 aliphatic heterocycles. The minimum Gasteiger partial charge on any atom is -0.368 e. The summed E-state index contributed by atoms with van der Waals surface area (Å²) >= 11 is 0. The summed E-state index contributed by atoms with van der Waals surface area (Å²) in [5, 5.41) is 0. The Bertz CT molecular complexity index is 1420. The molecule has 0 unspecified atom stereocenters. The number of piperazine rings is 1. The second-order valence-electron chi connectivity index (χ2n) is 12.1. The fraction of sp³-hybridized carbons (Fsp3) is 0.548. The van der Waals surface area contributed by atoms with Crippen molar-refractivity contribution in [1.29, 1.82) is 0 Å². The number of anilines is 2. The van der Waals surface area contributed by atoms with Gasteiger partial charge in [0.15, 0.2) is 0 Å². The maximum atomic E-state index is 13.5. The number of aryl methyl sites for hydroxylation is 2. The van der Waals surface area contributed by atoms with Crippen molar-refractivity contribution in [2.75, 3.05) is 49.1 Å². The topological polar surface area (TPSA) is 81.2 Å². The molecule has 214 valence electrons. The smallest absolute Gasteiger partial charge is 0.243 e. The maximum Gasteiger partial charge on any atom is 0.243 e. The molecule has 8 nitrogen and oxygen atoms in total. The fourth-order valence-corrected chi connectivity index (χ4v) is 8.13. The predicted octanol–water partition coefficient (Wildman–Crippen LogP) is 3.74. The Morgan fingerprint density at radius 2 is 1.45 bits per heavy atom. The third-order valence-electron chi connectivity index (χ3n) is 9.17. The van der Waals surface area contributed by atoms with Crippen molar-refractivity contribution in [2.24, 2.45) is 11.8 Å². The van der Waals surface area contributed by atoms with Crippen molar-refractivity contribution in [2.45, 2.75) is 63.8 Å². The van der Waals surface area contributed by atoms with Gasteiger partial charge in [0.25, 0.3) is 0 Å². The molecular weight excluding hydrogens is 524 g/mol. The molecule has 3 fully saturated rings.